The lowest BCUT2D eigenvalue weighted by molar-refractivity contribution is -0.144. The van der Waals surface area contributed by atoms with Gasteiger partial charge in [-0.3, -0.25) is 0 Å². The number of rotatable bonds is 5. The zero-order valence-corrected chi connectivity index (χ0v) is 12.0. The molecule has 1 heterocycles. The van der Waals surface area contributed by atoms with Crippen molar-refractivity contribution in [1.82, 2.24) is 9.55 Å². The van der Waals surface area contributed by atoms with Crippen LogP contribution in [0.15, 0.2) is 36.8 Å². The lowest BCUT2D eigenvalue weighted by atomic mass is 10.1. The van der Waals surface area contributed by atoms with Gasteiger partial charge < -0.3 is 14.6 Å². The molecule has 0 fully saturated rings. The Morgan fingerprint density at radius 1 is 1.45 bits per heavy atom. The zero-order valence-electron chi connectivity index (χ0n) is 12.0. The van der Waals surface area contributed by atoms with E-state index in [1.807, 2.05) is 42.8 Å². The summed E-state index contributed by atoms with van der Waals surface area (Å²) in [7, 11) is 1.86. The van der Waals surface area contributed by atoms with Crippen LogP contribution in [0.3, 0.4) is 0 Å². The van der Waals surface area contributed by atoms with Gasteiger partial charge in [0, 0.05) is 12.7 Å². The van der Waals surface area contributed by atoms with Gasteiger partial charge >= 0.3 is 5.97 Å². The van der Waals surface area contributed by atoms with Crippen LogP contribution in [0.1, 0.15) is 24.2 Å². The molecule has 5 heteroatoms. The maximum absolute atomic E-state index is 12.2. The molecule has 0 bridgehead atoms. The molecule has 2 aromatic rings. The Labute approximate surface area is 118 Å². The molecule has 0 spiro atoms. The molecule has 1 aromatic heterocycles. The van der Waals surface area contributed by atoms with Crippen LogP contribution in [0.4, 0.5) is 5.69 Å². The first-order valence-electron chi connectivity index (χ1n) is 6.58. The second-order valence-corrected chi connectivity index (χ2v) is 4.57. The minimum atomic E-state index is -0.566. The van der Waals surface area contributed by atoms with Crippen LogP contribution >= 0.6 is 0 Å². The molecule has 2 rings (SSSR count). The normalized spacial score (nSPS) is 11.9. The number of benzene rings is 1. The van der Waals surface area contributed by atoms with Gasteiger partial charge in [0.15, 0.2) is 6.04 Å². The molecule has 0 saturated carbocycles. The molecular weight excluding hydrogens is 254 g/mol. The Bertz CT molecular complexity index is 592. The summed E-state index contributed by atoms with van der Waals surface area (Å²) in [5.41, 5.74) is 2.75. The monoisotopic (exact) mass is 273 g/mol. The first kappa shape index (κ1) is 14.1. The fourth-order valence-corrected chi connectivity index (χ4v) is 2.02. The predicted octanol–water partition coefficient (Wildman–Crippen LogP) is 2.44. The van der Waals surface area contributed by atoms with Gasteiger partial charge in [0.25, 0.3) is 0 Å². The number of hydrogen-bond donors (Lipinski definition) is 1. The number of esters is 1. The van der Waals surface area contributed by atoms with E-state index in [9.17, 15) is 4.79 Å². The number of nitrogens with zero attached hydrogens (tertiary/aromatic N) is 2. The fraction of sp³-hybridized carbons (Fsp3) is 0.333. The average Bonchev–Trinajstić information content (AvgIpc) is 2.84. The molecule has 1 N–H and O–H groups in total. The highest BCUT2D eigenvalue weighted by atomic mass is 16.5. The molecule has 0 aliphatic heterocycles. The quantitative estimate of drug-likeness (QED) is 0.850. The molecule has 0 aliphatic rings. The van der Waals surface area contributed by atoms with Gasteiger partial charge in [-0.15, -0.1) is 0 Å². The fourth-order valence-electron chi connectivity index (χ4n) is 2.02. The van der Waals surface area contributed by atoms with E-state index in [0.29, 0.717) is 6.61 Å². The van der Waals surface area contributed by atoms with E-state index in [1.165, 1.54) is 0 Å². The summed E-state index contributed by atoms with van der Waals surface area (Å²) in [6.07, 6.45) is 3.34. The molecule has 0 radical (unpaired) electrons. The van der Waals surface area contributed by atoms with E-state index in [0.717, 1.165) is 16.9 Å². The number of nitrogens with one attached hydrogen (secondary N) is 1. The topological polar surface area (TPSA) is 56.1 Å². The third kappa shape index (κ3) is 2.99. The van der Waals surface area contributed by atoms with Crippen LogP contribution in [-0.2, 0) is 16.6 Å². The van der Waals surface area contributed by atoms with Gasteiger partial charge in [-0.05, 0) is 25.5 Å². The molecule has 20 heavy (non-hydrogen) atoms. The van der Waals surface area contributed by atoms with E-state index in [1.54, 1.807) is 19.4 Å². The number of carbonyl (C=O) groups is 1. The maximum Gasteiger partial charge on any atom is 0.334 e. The first-order valence-corrected chi connectivity index (χ1v) is 6.58. The molecule has 1 aromatic carbocycles. The van der Waals surface area contributed by atoms with Gasteiger partial charge in [0.2, 0.25) is 0 Å². The summed E-state index contributed by atoms with van der Waals surface area (Å²) in [6.45, 7) is 4.14. The second-order valence-electron chi connectivity index (χ2n) is 4.57. The molecule has 1 atom stereocenters. The predicted molar refractivity (Wildman–Crippen MR) is 77.4 cm³/mol. The Morgan fingerprint density at radius 2 is 2.20 bits per heavy atom. The van der Waals surface area contributed by atoms with E-state index < -0.39 is 6.04 Å². The minimum absolute atomic E-state index is 0.306. The van der Waals surface area contributed by atoms with Crippen LogP contribution in [0.2, 0.25) is 0 Å². The van der Waals surface area contributed by atoms with E-state index in [2.05, 4.69) is 10.3 Å². The van der Waals surface area contributed by atoms with Gasteiger partial charge in [-0.2, -0.15) is 0 Å². The van der Waals surface area contributed by atoms with Crippen molar-refractivity contribution in [3.63, 3.8) is 0 Å². The summed E-state index contributed by atoms with van der Waals surface area (Å²) in [4.78, 5) is 16.2. The highest BCUT2D eigenvalue weighted by molar-refractivity contribution is 5.80. The molecule has 0 amide bonds. The summed E-state index contributed by atoms with van der Waals surface area (Å²) >= 11 is 0. The third-order valence-electron chi connectivity index (χ3n) is 3.12. The number of anilines is 1. The van der Waals surface area contributed by atoms with Gasteiger partial charge in [-0.1, -0.05) is 18.2 Å². The third-order valence-corrected chi connectivity index (χ3v) is 3.12. The van der Waals surface area contributed by atoms with Crippen molar-refractivity contribution in [1.29, 1.82) is 0 Å². The van der Waals surface area contributed by atoms with Crippen LogP contribution in [0.25, 0.3) is 0 Å². The number of imidazole rings is 1. The maximum atomic E-state index is 12.2. The van der Waals surface area contributed by atoms with E-state index >= 15 is 0 Å². The van der Waals surface area contributed by atoms with Crippen molar-refractivity contribution in [3.05, 3.63) is 48.0 Å². The van der Waals surface area contributed by atoms with Crippen molar-refractivity contribution in [2.75, 3.05) is 11.9 Å². The average molecular weight is 273 g/mol. The van der Waals surface area contributed by atoms with Crippen molar-refractivity contribution in [3.8, 4) is 0 Å². The summed E-state index contributed by atoms with van der Waals surface area (Å²) in [6, 6.07) is 7.26. The van der Waals surface area contributed by atoms with Gasteiger partial charge in [0.05, 0.1) is 24.8 Å². The zero-order chi connectivity index (χ0) is 14.5. The molecule has 0 saturated heterocycles. The molecule has 1 unspecified atom stereocenters. The van der Waals surface area contributed by atoms with Gasteiger partial charge in [-0.25, -0.2) is 9.78 Å². The largest absolute Gasteiger partial charge is 0.464 e. The summed E-state index contributed by atoms with van der Waals surface area (Å²) in [5, 5.41) is 3.24. The smallest absolute Gasteiger partial charge is 0.334 e. The number of ether oxygens (including phenoxy) is 1. The van der Waals surface area contributed by atoms with Crippen molar-refractivity contribution in [2.45, 2.75) is 19.9 Å². The standard InChI is InChI=1S/C15H19N3O2/c1-4-20-15(19)14(13-9-16-10-18(13)3)17-12-8-6-5-7-11(12)2/h5-10,14,17H,4H2,1-3H3. The van der Waals surface area contributed by atoms with Crippen LogP contribution < -0.4 is 5.32 Å². The van der Waals surface area contributed by atoms with Crippen LogP contribution in [-0.4, -0.2) is 22.1 Å². The van der Waals surface area contributed by atoms with E-state index in [4.69, 9.17) is 4.74 Å². The summed E-state index contributed by atoms with van der Waals surface area (Å²) in [5.74, 6) is -0.306. The van der Waals surface area contributed by atoms with Gasteiger partial charge in [0.1, 0.15) is 0 Å². The first-order chi connectivity index (χ1) is 9.63. The van der Waals surface area contributed by atoms with Crippen LogP contribution in [0.5, 0.6) is 0 Å². The molecular formula is C15H19N3O2. The molecule has 5 nitrogen and oxygen atoms in total. The number of carbonyl (C=O) groups excluding carboxylic acids is 1. The second kappa shape index (κ2) is 6.23. The Hall–Kier alpha value is -2.30. The highest BCUT2D eigenvalue weighted by Crippen LogP contribution is 2.23. The number of aromatic nitrogens is 2. The van der Waals surface area contributed by atoms with Crippen molar-refractivity contribution in [2.24, 2.45) is 7.05 Å². The minimum Gasteiger partial charge on any atom is -0.464 e. The number of hydrogen-bond acceptors (Lipinski definition) is 4. The lowest BCUT2D eigenvalue weighted by Gasteiger charge is -2.20. The molecule has 106 valence electrons. The highest BCUT2D eigenvalue weighted by Gasteiger charge is 2.25. The van der Waals surface area contributed by atoms with Crippen molar-refractivity contribution < 1.29 is 9.53 Å². The number of para-hydroxylation sites is 1. The lowest BCUT2D eigenvalue weighted by Crippen LogP contribution is -2.25. The Balaban J connectivity index is 2.31. The Morgan fingerprint density at radius 3 is 2.80 bits per heavy atom. The van der Waals surface area contributed by atoms with E-state index in [-0.39, 0.29) is 5.97 Å². The van der Waals surface area contributed by atoms with Crippen LogP contribution in [0, 0.1) is 6.92 Å². The molecule has 0 aliphatic carbocycles. The SMILES string of the molecule is CCOC(=O)C(Nc1ccccc1C)c1cncn1C. The summed E-state index contributed by atoms with van der Waals surface area (Å²) < 4.78 is 6.96. The van der Waals surface area contributed by atoms with Crippen molar-refractivity contribution >= 4 is 11.7 Å². The Kier molecular flexibility index (Phi) is 4.40. The number of aryl methyl sites for hydroxylation is 2.